The van der Waals surface area contributed by atoms with E-state index in [0.717, 1.165) is 6.54 Å². The number of thioether (sulfide) groups is 1. The van der Waals surface area contributed by atoms with Crippen molar-refractivity contribution < 1.29 is 0 Å². The van der Waals surface area contributed by atoms with Gasteiger partial charge in [-0.3, -0.25) is 0 Å². The van der Waals surface area contributed by atoms with Crippen LogP contribution in [0.25, 0.3) is 0 Å². The minimum Gasteiger partial charge on any atom is -0.385 e. The first-order valence-corrected chi connectivity index (χ1v) is 7.28. The number of hydrogen-bond donors (Lipinski definition) is 1. The fraction of sp³-hybridized carbons (Fsp3) is 0.455. The highest BCUT2D eigenvalue weighted by Gasteiger charge is 1.92. The average molecular weight is 321 g/mol. The van der Waals surface area contributed by atoms with Crippen molar-refractivity contribution in [2.45, 2.75) is 12.8 Å². The van der Waals surface area contributed by atoms with Gasteiger partial charge in [0.2, 0.25) is 0 Å². The summed E-state index contributed by atoms with van der Waals surface area (Å²) >= 11 is 4.26. The third kappa shape index (κ3) is 5.10. The van der Waals surface area contributed by atoms with E-state index in [2.05, 4.69) is 58.4 Å². The van der Waals surface area contributed by atoms with E-state index in [1.165, 1.54) is 27.9 Å². The van der Waals surface area contributed by atoms with Crippen LogP contribution < -0.4 is 5.32 Å². The highest BCUT2D eigenvalue weighted by atomic mass is 127. The molecular formula is C11H16INS. The Balaban J connectivity index is 2.18. The maximum absolute atomic E-state index is 3.43. The van der Waals surface area contributed by atoms with E-state index < -0.39 is 0 Å². The molecule has 0 saturated heterocycles. The molecule has 1 N–H and O–H groups in total. The largest absolute Gasteiger partial charge is 0.385 e. The smallest absolute Gasteiger partial charge is 0.0350 e. The van der Waals surface area contributed by atoms with Crippen LogP contribution in [0.2, 0.25) is 0 Å². The zero-order chi connectivity index (χ0) is 10.2. The van der Waals surface area contributed by atoms with E-state index in [-0.39, 0.29) is 0 Å². The molecule has 0 bridgehead atoms. The molecule has 0 aliphatic rings. The van der Waals surface area contributed by atoms with Crippen molar-refractivity contribution in [2.75, 3.05) is 23.9 Å². The topological polar surface area (TPSA) is 12.0 Å². The molecule has 0 aromatic heterocycles. The van der Waals surface area contributed by atoms with Gasteiger partial charge in [-0.2, -0.15) is 11.8 Å². The van der Waals surface area contributed by atoms with Gasteiger partial charge in [0.15, 0.2) is 0 Å². The Bertz CT molecular complexity index is 265. The molecule has 0 heterocycles. The molecule has 1 nitrogen and oxygen atoms in total. The normalized spacial score (nSPS) is 10.1. The van der Waals surface area contributed by atoms with E-state index in [1.54, 1.807) is 0 Å². The number of nitrogens with one attached hydrogen (secondary N) is 1. The Morgan fingerprint density at radius 3 is 2.93 bits per heavy atom. The maximum Gasteiger partial charge on any atom is 0.0350 e. The molecule has 0 aliphatic carbocycles. The summed E-state index contributed by atoms with van der Waals surface area (Å²) in [5.41, 5.74) is 1.24. The fourth-order valence-corrected chi connectivity index (χ4v) is 2.24. The van der Waals surface area contributed by atoms with Crippen LogP contribution in [0, 0.1) is 3.57 Å². The van der Waals surface area contributed by atoms with Gasteiger partial charge in [-0.1, -0.05) is 6.07 Å². The summed E-state index contributed by atoms with van der Waals surface area (Å²) in [5, 5.41) is 3.43. The summed E-state index contributed by atoms with van der Waals surface area (Å²) in [6.07, 6.45) is 4.72. The SMILES string of the molecule is CSCCCCNc1cccc(I)c1. The summed E-state index contributed by atoms with van der Waals surface area (Å²) in [7, 11) is 0. The Labute approximate surface area is 104 Å². The minimum absolute atomic E-state index is 1.08. The molecule has 0 aliphatic heterocycles. The standard InChI is InChI=1S/C11H16INS/c1-14-8-3-2-7-13-11-6-4-5-10(12)9-11/h4-6,9,13H,2-3,7-8H2,1H3. The van der Waals surface area contributed by atoms with Gasteiger partial charge in [0.05, 0.1) is 0 Å². The summed E-state index contributed by atoms with van der Waals surface area (Å²) < 4.78 is 1.29. The number of anilines is 1. The number of hydrogen-bond acceptors (Lipinski definition) is 2. The minimum atomic E-state index is 1.08. The van der Waals surface area contributed by atoms with Crippen LogP contribution in [0.4, 0.5) is 5.69 Å². The lowest BCUT2D eigenvalue weighted by Crippen LogP contribution is -2.01. The lowest BCUT2D eigenvalue weighted by atomic mass is 10.3. The molecule has 0 fully saturated rings. The first-order chi connectivity index (χ1) is 6.83. The first-order valence-electron chi connectivity index (χ1n) is 4.81. The molecule has 1 rings (SSSR count). The van der Waals surface area contributed by atoms with E-state index in [1.807, 2.05) is 11.8 Å². The highest BCUT2D eigenvalue weighted by molar-refractivity contribution is 14.1. The number of rotatable bonds is 6. The summed E-state index contributed by atoms with van der Waals surface area (Å²) in [5.74, 6) is 1.27. The van der Waals surface area contributed by atoms with Crippen molar-refractivity contribution >= 4 is 40.0 Å². The molecule has 0 atom stereocenters. The second kappa shape index (κ2) is 7.40. The molecule has 14 heavy (non-hydrogen) atoms. The van der Waals surface area contributed by atoms with Crippen molar-refractivity contribution in [3.63, 3.8) is 0 Å². The van der Waals surface area contributed by atoms with Crippen molar-refractivity contribution in [3.8, 4) is 0 Å². The molecule has 1 aromatic carbocycles. The average Bonchev–Trinajstić information content (AvgIpc) is 2.18. The predicted molar refractivity (Wildman–Crippen MR) is 75.3 cm³/mol. The summed E-state index contributed by atoms with van der Waals surface area (Å²) in [6.45, 7) is 1.08. The molecule has 3 heteroatoms. The van der Waals surface area contributed by atoms with Gasteiger partial charge >= 0.3 is 0 Å². The summed E-state index contributed by atoms with van der Waals surface area (Å²) in [4.78, 5) is 0. The van der Waals surface area contributed by atoms with Gasteiger partial charge in [0.25, 0.3) is 0 Å². The molecule has 0 saturated carbocycles. The molecule has 0 radical (unpaired) electrons. The number of halogens is 1. The van der Waals surface area contributed by atoms with Crippen LogP contribution >= 0.6 is 34.4 Å². The van der Waals surface area contributed by atoms with Crippen LogP contribution in [0.5, 0.6) is 0 Å². The molecule has 0 unspecified atom stereocenters. The van der Waals surface area contributed by atoms with Gasteiger partial charge in [-0.15, -0.1) is 0 Å². The van der Waals surface area contributed by atoms with Gasteiger partial charge in [0.1, 0.15) is 0 Å². The van der Waals surface area contributed by atoms with Crippen LogP contribution in [0.3, 0.4) is 0 Å². The van der Waals surface area contributed by atoms with Crippen LogP contribution in [-0.4, -0.2) is 18.6 Å². The molecule has 0 amide bonds. The van der Waals surface area contributed by atoms with Gasteiger partial charge in [0, 0.05) is 15.8 Å². The summed E-state index contributed by atoms with van der Waals surface area (Å²) in [6, 6.07) is 8.50. The van der Waals surface area contributed by atoms with Crippen LogP contribution in [0.15, 0.2) is 24.3 Å². The van der Waals surface area contributed by atoms with E-state index >= 15 is 0 Å². The van der Waals surface area contributed by atoms with Crippen molar-refractivity contribution in [3.05, 3.63) is 27.8 Å². The van der Waals surface area contributed by atoms with E-state index in [4.69, 9.17) is 0 Å². The first kappa shape index (κ1) is 12.2. The maximum atomic E-state index is 3.43. The zero-order valence-electron chi connectivity index (χ0n) is 8.42. The Morgan fingerprint density at radius 2 is 2.21 bits per heavy atom. The number of unbranched alkanes of at least 4 members (excludes halogenated alkanes) is 1. The van der Waals surface area contributed by atoms with Gasteiger partial charge in [-0.05, 0) is 65.6 Å². The van der Waals surface area contributed by atoms with Crippen molar-refractivity contribution in [1.82, 2.24) is 0 Å². The fourth-order valence-electron chi connectivity index (χ4n) is 1.20. The monoisotopic (exact) mass is 321 g/mol. The zero-order valence-corrected chi connectivity index (χ0v) is 11.4. The molecule has 78 valence electrons. The van der Waals surface area contributed by atoms with E-state index in [0.29, 0.717) is 0 Å². The third-order valence-corrected chi connectivity index (χ3v) is 3.30. The van der Waals surface area contributed by atoms with Gasteiger partial charge in [-0.25, -0.2) is 0 Å². The molecule has 0 spiro atoms. The second-order valence-electron chi connectivity index (χ2n) is 3.14. The lowest BCUT2D eigenvalue weighted by molar-refractivity contribution is 0.843. The van der Waals surface area contributed by atoms with Crippen molar-refractivity contribution in [2.24, 2.45) is 0 Å². The Kier molecular flexibility index (Phi) is 6.43. The Hall–Kier alpha value is 0.100. The van der Waals surface area contributed by atoms with Crippen LogP contribution in [0.1, 0.15) is 12.8 Å². The van der Waals surface area contributed by atoms with Crippen LogP contribution in [-0.2, 0) is 0 Å². The lowest BCUT2D eigenvalue weighted by Gasteiger charge is -2.05. The third-order valence-electron chi connectivity index (χ3n) is 1.93. The predicted octanol–water partition coefficient (Wildman–Crippen LogP) is 3.85. The molecular weight excluding hydrogens is 305 g/mol. The highest BCUT2D eigenvalue weighted by Crippen LogP contribution is 2.12. The Morgan fingerprint density at radius 1 is 1.36 bits per heavy atom. The number of benzene rings is 1. The van der Waals surface area contributed by atoms with Crippen molar-refractivity contribution in [1.29, 1.82) is 0 Å². The molecule has 1 aromatic rings. The second-order valence-corrected chi connectivity index (χ2v) is 5.37. The van der Waals surface area contributed by atoms with E-state index in [9.17, 15) is 0 Å². The van der Waals surface area contributed by atoms with Gasteiger partial charge < -0.3 is 5.32 Å². The quantitative estimate of drug-likeness (QED) is 0.631.